The van der Waals surface area contributed by atoms with Crippen LogP contribution in [0, 0.1) is 0 Å². The van der Waals surface area contributed by atoms with E-state index in [9.17, 15) is 9.59 Å². The molecule has 2 aliphatic carbocycles. The first-order valence-corrected chi connectivity index (χ1v) is 7.62. The van der Waals surface area contributed by atoms with E-state index in [0.29, 0.717) is 11.1 Å². The minimum Gasteiger partial charge on any atom is -0.288 e. The van der Waals surface area contributed by atoms with Crippen LogP contribution < -0.4 is 5.32 Å². The minimum absolute atomic E-state index is 0.265. The maximum absolute atomic E-state index is 12.2. The molecule has 2 aromatic carbocycles. The molecular formula is C19H12N2O2. The van der Waals surface area contributed by atoms with Crippen LogP contribution in [0.2, 0.25) is 0 Å². The third-order valence-corrected chi connectivity index (χ3v) is 4.77. The van der Waals surface area contributed by atoms with Gasteiger partial charge in [0.25, 0.3) is 11.8 Å². The van der Waals surface area contributed by atoms with E-state index in [1.165, 1.54) is 0 Å². The summed E-state index contributed by atoms with van der Waals surface area (Å²) in [6, 6.07) is 12.1. The molecule has 23 heavy (non-hydrogen) atoms. The van der Waals surface area contributed by atoms with Crippen LogP contribution in [0.5, 0.6) is 0 Å². The summed E-state index contributed by atoms with van der Waals surface area (Å²) >= 11 is 0. The lowest BCUT2D eigenvalue weighted by Gasteiger charge is -2.22. The Hall–Kier alpha value is -3.01. The average Bonchev–Trinajstić information content (AvgIpc) is 2.91. The van der Waals surface area contributed by atoms with E-state index in [1.54, 1.807) is 6.20 Å². The maximum Gasteiger partial charge on any atom is 0.259 e. The molecular weight excluding hydrogens is 288 g/mol. The number of carbonyl (C=O) groups excluding carboxylic acids is 2. The largest absolute Gasteiger partial charge is 0.288 e. The molecule has 0 saturated carbocycles. The second-order valence-corrected chi connectivity index (χ2v) is 5.98. The van der Waals surface area contributed by atoms with Crippen LogP contribution in [0.4, 0.5) is 0 Å². The van der Waals surface area contributed by atoms with E-state index in [2.05, 4.69) is 16.4 Å². The third kappa shape index (κ3) is 1.58. The molecule has 1 aromatic heterocycles. The number of hydrogen-bond acceptors (Lipinski definition) is 3. The number of aryl methyl sites for hydroxylation is 1. The monoisotopic (exact) mass is 300 g/mol. The van der Waals surface area contributed by atoms with Gasteiger partial charge < -0.3 is 0 Å². The maximum atomic E-state index is 12.2. The summed E-state index contributed by atoms with van der Waals surface area (Å²) in [4.78, 5) is 28.7. The van der Waals surface area contributed by atoms with Gasteiger partial charge in [-0.05, 0) is 41.5 Å². The van der Waals surface area contributed by atoms with Crippen molar-refractivity contribution in [1.82, 2.24) is 10.3 Å². The highest BCUT2D eigenvalue weighted by molar-refractivity contribution is 6.24. The zero-order valence-electron chi connectivity index (χ0n) is 12.2. The second-order valence-electron chi connectivity index (χ2n) is 5.98. The third-order valence-electron chi connectivity index (χ3n) is 4.77. The van der Waals surface area contributed by atoms with Crippen molar-refractivity contribution in [2.24, 2.45) is 0 Å². The number of fused-ring (bicyclic) bond motifs is 3. The molecule has 1 aliphatic heterocycles. The highest BCUT2D eigenvalue weighted by Crippen LogP contribution is 2.40. The summed E-state index contributed by atoms with van der Waals surface area (Å²) in [5.74, 6) is -0.540. The Bertz CT molecular complexity index is 1030. The van der Waals surface area contributed by atoms with Gasteiger partial charge >= 0.3 is 0 Å². The number of rotatable bonds is 1. The van der Waals surface area contributed by atoms with Crippen LogP contribution >= 0.6 is 0 Å². The van der Waals surface area contributed by atoms with Gasteiger partial charge in [0, 0.05) is 17.1 Å². The van der Waals surface area contributed by atoms with Crippen LogP contribution in [0.1, 0.15) is 31.8 Å². The molecule has 0 atom stereocenters. The first-order chi connectivity index (χ1) is 11.2. The van der Waals surface area contributed by atoms with Crippen molar-refractivity contribution in [3.8, 4) is 11.3 Å². The van der Waals surface area contributed by atoms with Crippen molar-refractivity contribution >= 4 is 22.6 Å². The molecule has 3 aromatic rings. The molecule has 1 N–H and O–H groups in total. The Morgan fingerprint density at radius 3 is 2.70 bits per heavy atom. The minimum atomic E-state index is -0.275. The number of pyridine rings is 1. The predicted octanol–water partition coefficient (Wildman–Crippen LogP) is 2.88. The Balaban J connectivity index is 1.87. The van der Waals surface area contributed by atoms with Gasteiger partial charge in [0.15, 0.2) is 0 Å². The molecule has 0 unspecified atom stereocenters. The molecule has 110 valence electrons. The number of nitrogens with zero attached hydrogens (tertiary/aromatic N) is 1. The van der Waals surface area contributed by atoms with Crippen molar-refractivity contribution in [3.63, 3.8) is 0 Å². The summed E-state index contributed by atoms with van der Waals surface area (Å²) in [6.45, 7) is 0. The normalized spacial score (nSPS) is 15.1. The Morgan fingerprint density at radius 2 is 1.78 bits per heavy atom. The van der Waals surface area contributed by atoms with Crippen LogP contribution in [0.25, 0.3) is 22.0 Å². The summed E-state index contributed by atoms with van der Waals surface area (Å²) in [6.07, 6.45) is 3.38. The Morgan fingerprint density at radius 1 is 0.957 bits per heavy atom. The number of imide groups is 1. The summed E-state index contributed by atoms with van der Waals surface area (Å²) < 4.78 is 0. The topological polar surface area (TPSA) is 59.1 Å². The summed E-state index contributed by atoms with van der Waals surface area (Å²) in [7, 11) is 0. The molecule has 2 bridgehead atoms. The Labute approximate surface area is 132 Å². The number of hydrogen-bond donors (Lipinski definition) is 1. The van der Waals surface area contributed by atoms with Crippen LogP contribution in [-0.4, -0.2) is 16.8 Å². The highest BCUT2D eigenvalue weighted by atomic mass is 16.2. The van der Waals surface area contributed by atoms with Crippen molar-refractivity contribution in [2.75, 3.05) is 0 Å². The average molecular weight is 300 g/mol. The SMILES string of the molecule is O=C1NC(=O)c2c3c(-c4nccc5ccccc45)cc(c21)CC3. The van der Waals surface area contributed by atoms with Crippen molar-refractivity contribution in [1.29, 1.82) is 0 Å². The number of nitrogens with one attached hydrogen (secondary N) is 1. The van der Waals surface area contributed by atoms with E-state index in [0.717, 1.165) is 46.0 Å². The van der Waals surface area contributed by atoms with Gasteiger partial charge in [0.05, 0.1) is 16.8 Å². The molecule has 2 amide bonds. The summed E-state index contributed by atoms with van der Waals surface area (Å²) in [5.41, 5.74) is 4.88. The van der Waals surface area contributed by atoms with Gasteiger partial charge in [0.1, 0.15) is 0 Å². The Kier molecular flexibility index (Phi) is 2.32. The zero-order chi connectivity index (χ0) is 15.6. The highest BCUT2D eigenvalue weighted by Gasteiger charge is 2.36. The predicted molar refractivity (Wildman–Crippen MR) is 86.4 cm³/mol. The van der Waals surface area contributed by atoms with E-state index >= 15 is 0 Å². The summed E-state index contributed by atoms with van der Waals surface area (Å²) in [5, 5.41) is 4.60. The van der Waals surface area contributed by atoms with Gasteiger partial charge in [0.2, 0.25) is 0 Å². The molecule has 0 spiro atoms. The molecule has 0 saturated heterocycles. The number of carbonyl (C=O) groups is 2. The fourth-order valence-electron chi connectivity index (χ4n) is 3.78. The molecule has 0 fully saturated rings. The lowest BCUT2D eigenvalue weighted by Crippen LogP contribution is -2.20. The zero-order valence-corrected chi connectivity index (χ0v) is 12.2. The standard InChI is InChI=1S/C19H12N2O2/c22-18-15-11-5-6-13(16(15)19(23)21-18)14(9-11)17-12-4-2-1-3-10(12)7-8-20-17/h1-4,7-9H,5-6H2,(H,21,22,23). The van der Waals surface area contributed by atoms with Gasteiger partial charge in [-0.15, -0.1) is 0 Å². The van der Waals surface area contributed by atoms with Gasteiger partial charge in [-0.25, -0.2) is 0 Å². The van der Waals surface area contributed by atoms with E-state index in [1.807, 2.05) is 30.3 Å². The molecule has 3 aliphatic rings. The fourth-order valence-corrected chi connectivity index (χ4v) is 3.78. The molecule has 6 rings (SSSR count). The van der Waals surface area contributed by atoms with Crippen molar-refractivity contribution in [2.45, 2.75) is 12.8 Å². The molecule has 0 radical (unpaired) electrons. The van der Waals surface area contributed by atoms with Crippen molar-refractivity contribution in [3.05, 3.63) is 64.8 Å². The quantitative estimate of drug-likeness (QED) is 0.703. The van der Waals surface area contributed by atoms with E-state index in [-0.39, 0.29) is 11.8 Å². The van der Waals surface area contributed by atoms with E-state index < -0.39 is 0 Å². The number of aromatic nitrogens is 1. The van der Waals surface area contributed by atoms with Gasteiger partial charge in [-0.1, -0.05) is 24.3 Å². The fraction of sp³-hybridized carbons (Fsp3) is 0.105. The number of amides is 2. The lowest BCUT2D eigenvalue weighted by atomic mass is 9.81. The first-order valence-electron chi connectivity index (χ1n) is 7.62. The van der Waals surface area contributed by atoms with Crippen LogP contribution in [0.15, 0.2) is 42.6 Å². The molecule has 2 heterocycles. The van der Waals surface area contributed by atoms with Crippen LogP contribution in [-0.2, 0) is 12.8 Å². The molecule has 4 heteroatoms. The van der Waals surface area contributed by atoms with E-state index in [4.69, 9.17) is 0 Å². The number of benzene rings is 2. The van der Waals surface area contributed by atoms with Gasteiger partial charge in [-0.2, -0.15) is 0 Å². The first kappa shape index (κ1) is 12.5. The second kappa shape index (κ2) is 4.26. The van der Waals surface area contributed by atoms with Gasteiger partial charge in [-0.3, -0.25) is 19.9 Å². The van der Waals surface area contributed by atoms with Crippen LogP contribution in [0.3, 0.4) is 0 Å². The molecule has 4 nitrogen and oxygen atoms in total. The lowest BCUT2D eigenvalue weighted by molar-refractivity contribution is 0.0879. The van der Waals surface area contributed by atoms with Crippen molar-refractivity contribution < 1.29 is 9.59 Å². The smallest absolute Gasteiger partial charge is 0.259 e.